The zero-order chi connectivity index (χ0) is 11.5. The first-order valence-corrected chi connectivity index (χ1v) is 4.61. The minimum atomic E-state index is -1.71. The number of hydrogen-bond acceptors (Lipinski definition) is 4. The Morgan fingerprint density at radius 3 is 2.47 bits per heavy atom. The number of nitrogens with two attached hydrogens (primary N) is 1. The highest BCUT2D eigenvalue weighted by Crippen LogP contribution is 2.24. The molecule has 0 heterocycles. The predicted molar refractivity (Wildman–Crippen MR) is 56.0 cm³/mol. The second-order valence-electron chi connectivity index (χ2n) is 3.53. The van der Waals surface area contributed by atoms with Gasteiger partial charge in [-0.3, -0.25) is 0 Å². The molecule has 0 amide bonds. The summed E-state index contributed by atoms with van der Waals surface area (Å²) in [5.41, 5.74) is 4.77. The van der Waals surface area contributed by atoms with E-state index in [-0.39, 0.29) is 0 Å². The van der Waals surface area contributed by atoms with Gasteiger partial charge in [0, 0.05) is 0 Å². The van der Waals surface area contributed by atoms with Crippen LogP contribution in [0.4, 0.5) is 0 Å². The topological polar surface area (TPSA) is 72.5 Å². The third-order valence-corrected chi connectivity index (χ3v) is 2.36. The molecule has 15 heavy (non-hydrogen) atoms. The van der Waals surface area contributed by atoms with Crippen molar-refractivity contribution in [3.63, 3.8) is 0 Å². The van der Waals surface area contributed by atoms with Crippen molar-refractivity contribution in [1.29, 1.82) is 0 Å². The van der Waals surface area contributed by atoms with E-state index < -0.39 is 17.6 Å². The van der Waals surface area contributed by atoms with E-state index in [0.29, 0.717) is 5.56 Å². The lowest BCUT2D eigenvalue weighted by Crippen LogP contribution is -2.46. The largest absolute Gasteiger partial charge is 0.467 e. The Morgan fingerprint density at radius 1 is 1.47 bits per heavy atom. The average Bonchev–Trinajstić information content (AvgIpc) is 2.28. The number of rotatable bonds is 3. The summed E-state index contributed by atoms with van der Waals surface area (Å²) in [5.74, 6) is -0.737. The minimum Gasteiger partial charge on any atom is -0.467 e. The molecule has 0 radical (unpaired) electrons. The zero-order valence-corrected chi connectivity index (χ0v) is 8.81. The van der Waals surface area contributed by atoms with E-state index in [9.17, 15) is 9.90 Å². The maximum atomic E-state index is 11.3. The van der Waals surface area contributed by atoms with E-state index in [1.54, 1.807) is 24.3 Å². The quantitative estimate of drug-likeness (QED) is 0.715. The Morgan fingerprint density at radius 2 is 2.00 bits per heavy atom. The van der Waals surface area contributed by atoms with Crippen molar-refractivity contribution >= 4 is 5.97 Å². The number of carbonyl (C=O) groups excluding carboxylic acids is 1. The van der Waals surface area contributed by atoms with Crippen molar-refractivity contribution in [1.82, 2.24) is 0 Å². The van der Waals surface area contributed by atoms with Gasteiger partial charge in [-0.25, -0.2) is 4.79 Å². The van der Waals surface area contributed by atoms with Crippen LogP contribution < -0.4 is 5.73 Å². The smallest absolute Gasteiger partial charge is 0.339 e. The van der Waals surface area contributed by atoms with Crippen LogP contribution in [-0.4, -0.2) is 23.8 Å². The lowest BCUT2D eigenvalue weighted by Gasteiger charge is -2.27. The Labute approximate surface area is 88.7 Å². The molecule has 0 aliphatic carbocycles. The third-order valence-electron chi connectivity index (χ3n) is 2.36. The summed E-state index contributed by atoms with van der Waals surface area (Å²) in [5, 5.41) is 9.91. The second kappa shape index (κ2) is 4.42. The Hall–Kier alpha value is -1.39. The van der Waals surface area contributed by atoms with E-state index in [1.807, 2.05) is 6.07 Å². The fourth-order valence-corrected chi connectivity index (χ4v) is 1.32. The molecule has 82 valence electrons. The van der Waals surface area contributed by atoms with Crippen molar-refractivity contribution < 1.29 is 14.6 Å². The number of esters is 1. The van der Waals surface area contributed by atoms with Crippen LogP contribution in [0.25, 0.3) is 0 Å². The first-order valence-electron chi connectivity index (χ1n) is 4.61. The van der Waals surface area contributed by atoms with Gasteiger partial charge in [-0.05, 0) is 12.5 Å². The second-order valence-corrected chi connectivity index (χ2v) is 3.53. The van der Waals surface area contributed by atoms with Crippen molar-refractivity contribution in [3.05, 3.63) is 35.9 Å². The van der Waals surface area contributed by atoms with Gasteiger partial charge in [0.05, 0.1) is 13.2 Å². The Kier molecular flexibility index (Phi) is 3.44. The van der Waals surface area contributed by atoms with Crippen molar-refractivity contribution in [2.24, 2.45) is 5.73 Å². The van der Waals surface area contributed by atoms with Crippen LogP contribution in [0.1, 0.15) is 18.5 Å². The molecular weight excluding hydrogens is 194 g/mol. The van der Waals surface area contributed by atoms with E-state index >= 15 is 0 Å². The summed E-state index contributed by atoms with van der Waals surface area (Å²) in [4.78, 5) is 11.3. The van der Waals surface area contributed by atoms with Crippen LogP contribution in [0, 0.1) is 0 Å². The third kappa shape index (κ3) is 2.34. The van der Waals surface area contributed by atoms with E-state index in [0.717, 1.165) is 0 Å². The van der Waals surface area contributed by atoms with Crippen LogP contribution in [-0.2, 0) is 9.53 Å². The van der Waals surface area contributed by atoms with Crippen LogP contribution in [0.2, 0.25) is 0 Å². The molecule has 1 aromatic carbocycles. The molecule has 2 atom stereocenters. The van der Waals surface area contributed by atoms with Crippen LogP contribution in [0.5, 0.6) is 0 Å². The molecular formula is C11H15NO3. The van der Waals surface area contributed by atoms with Gasteiger partial charge in [-0.2, -0.15) is 0 Å². The molecule has 4 nitrogen and oxygen atoms in total. The summed E-state index contributed by atoms with van der Waals surface area (Å²) in [6, 6.07) is 8.13. The maximum Gasteiger partial charge on any atom is 0.339 e. The van der Waals surface area contributed by atoms with Gasteiger partial charge in [0.25, 0.3) is 0 Å². The molecule has 0 saturated heterocycles. The first kappa shape index (κ1) is 11.7. The molecule has 0 aliphatic heterocycles. The molecule has 1 aromatic rings. The molecule has 3 N–H and O–H groups in total. The molecule has 0 aliphatic rings. The van der Waals surface area contributed by atoms with Crippen molar-refractivity contribution in [3.8, 4) is 0 Å². The van der Waals surface area contributed by atoms with Crippen molar-refractivity contribution in [2.75, 3.05) is 7.11 Å². The number of ether oxygens (including phenoxy) is 1. The fraction of sp³-hybridized carbons (Fsp3) is 0.364. The molecule has 0 bridgehead atoms. The van der Waals surface area contributed by atoms with E-state index in [1.165, 1.54) is 14.0 Å². The van der Waals surface area contributed by atoms with E-state index in [4.69, 9.17) is 5.73 Å². The summed E-state index contributed by atoms with van der Waals surface area (Å²) in [6.07, 6.45) is 0. The van der Waals surface area contributed by atoms with Crippen molar-refractivity contribution in [2.45, 2.75) is 18.6 Å². The van der Waals surface area contributed by atoms with Gasteiger partial charge in [-0.15, -0.1) is 0 Å². The minimum absolute atomic E-state index is 0.688. The molecule has 0 aromatic heterocycles. The highest BCUT2D eigenvalue weighted by molar-refractivity contribution is 5.79. The lowest BCUT2D eigenvalue weighted by atomic mass is 9.91. The van der Waals surface area contributed by atoms with Gasteiger partial charge in [0.2, 0.25) is 0 Å². The molecule has 2 unspecified atom stereocenters. The standard InChI is InChI=1S/C11H15NO3/c1-11(14,10(13)15-2)9(12)8-6-4-3-5-7-8/h3-7,9,14H,12H2,1-2H3. The van der Waals surface area contributed by atoms with Crippen LogP contribution >= 0.6 is 0 Å². The first-order chi connectivity index (χ1) is 7.00. The van der Waals surface area contributed by atoms with Gasteiger partial charge in [0.15, 0.2) is 5.60 Å². The van der Waals surface area contributed by atoms with Gasteiger partial charge < -0.3 is 15.6 Å². The molecule has 0 saturated carbocycles. The summed E-state index contributed by atoms with van der Waals surface area (Å²) < 4.78 is 4.49. The van der Waals surface area contributed by atoms with Crippen LogP contribution in [0.3, 0.4) is 0 Å². The highest BCUT2D eigenvalue weighted by Gasteiger charge is 2.39. The Balaban J connectivity index is 2.94. The molecule has 0 spiro atoms. The average molecular weight is 209 g/mol. The Bertz CT molecular complexity index is 335. The normalized spacial score (nSPS) is 16.5. The van der Waals surface area contributed by atoms with Gasteiger partial charge in [0.1, 0.15) is 0 Å². The summed E-state index contributed by atoms with van der Waals surface area (Å²) in [7, 11) is 1.22. The zero-order valence-electron chi connectivity index (χ0n) is 8.81. The number of benzene rings is 1. The summed E-state index contributed by atoms with van der Waals surface area (Å²) >= 11 is 0. The lowest BCUT2D eigenvalue weighted by molar-refractivity contribution is -0.162. The highest BCUT2D eigenvalue weighted by atomic mass is 16.5. The molecule has 4 heteroatoms. The van der Waals surface area contributed by atoms with Crippen LogP contribution in [0.15, 0.2) is 30.3 Å². The molecule has 1 rings (SSSR count). The number of carbonyl (C=O) groups is 1. The predicted octanol–water partition coefficient (Wildman–Crippen LogP) is 0.610. The SMILES string of the molecule is COC(=O)C(C)(O)C(N)c1ccccc1. The number of hydrogen-bond donors (Lipinski definition) is 2. The maximum absolute atomic E-state index is 11.3. The van der Waals surface area contributed by atoms with Gasteiger partial charge in [-0.1, -0.05) is 30.3 Å². The summed E-state index contributed by atoms with van der Waals surface area (Å²) in [6.45, 7) is 1.34. The number of aliphatic hydroxyl groups is 1. The van der Waals surface area contributed by atoms with E-state index in [2.05, 4.69) is 4.74 Å². The number of methoxy groups -OCH3 is 1. The molecule has 0 fully saturated rings. The van der Waals surface area contributed by atoms with Gasteiger partial charge >= 0.3 is 5.97 Å². The monoisotopic (exact) mass is 209 g/mol. The fourth-order valence-electron chi connectivity index (χ4n) is 1.32.